The summed E-state index contributed by atoms with van der Waals surface area (Å²) in [5.74, 6) is -0.575. The molecule has 0 spiro atoms. The quantitative estimate of drug-likeness (QED) is 0.748. The lowest BCUT2D eigenvalue weighted by molar-refractivity contribution is 0.0943. The van der Waals surface area contributed by atoms with Crippen LogP contribution in [-0.4, -0.2) is 37.1 Å². The van der Waals surface area contributed by atoms with Gasteiger partial charge in [-0.3, -0.25) is 14.6 Å². The molecule has 0 unspecified atom stereocenters. The van der Waals surface area contributed by atoms with E-state index in [2.05, 4.69) is 15.6 Å². The van der Waals surface area contributed by atoms with Gasteiger partial charge in [-0.1, -0.05) is 17.7 Å². The highest BCUT2D eigenvalue weighted by Crippen LogP contribution is 2.22. The lowest BCUT2D eigenvalue weighted by Gasteiger charge is -2.13. The number of hydrogen-bond donors (Lipinski definition) is 2. The van der Waals surface area contributed by atoms with E-state index in [1.54, 1.807) is 13.2 Å². The van der Waals surface area contributed by atoms with E-state index in [1.165, 1.54) is 12.3 Å². The summed E-state index contributed by atoms with van der Waals surface area (Å²) < 4.78 is 4.94. The van der Waals surface area contributed by atoms with Crippen LogP contribution in [-0.2, 0) is 4.74 Å². The zero-order chi connectivity index (χ0) is 19.1. The average Bonchev–Trinajstić information content (AvgIpc) is 2.61. The zero-order valence-electron chi connectivity index (χ0n) is 15.7. The highest BCUT2D eigenvalue weighted by molar-refractivity contribution is 6.06. The molecule has 2 aromatic rings. The molecular formula is C20H25N3O3. The fraction of sp³-hybridized carbons (Fsp3) is 0.350. The van der Waals surface area contributed by atoms with E-state index in [9.17, 15) is 9.59 Å². The highest BCUT2D eigenvalue weighted by atomic mass is 16.5. The Balaban J connectivity index is 2.10. The van der Waals surface area contributed by atoms with Crippen LogP contribution in [0.5, 0.6) is 0 Å². The number of anilines is 1. The van der Waals surface area contributed by atoms with Gasteiger partial charge in [-0.2, -0.15) is 0 Å². The van der Waals surface area contributed by atoms with Gasteiger partial charge in [0.05, 0.1) is 0 Å². The van der Waals surface area contributed by atoms with Gasteiger partial charge in [0.1, 0.15) is 5.69 Å². The second-order valence-electron chi connectivity index (χ2n) is 6.26. The summed E-state index contributed by atoms with van der Waals surface area (Å²) in [6.45, 7) is 7.01. The van der Waals surface area contributed by atoms with Crippen molar-refractivity contribution in [2.75, 3.05) is 25.6 Å². The number of aryl methyl sites for hydroxylation is 3. The predicted octanol–water partition coefficient (Wildman–Crippen LogP) is 3.03. The molecule has 2 rings (SSSR count). The SMILES string of the molecule is COCCCNC(=O)c1cc(C(=O)Nc2c(C)cc(C)cc2C)ccn1. The highest BCUT2D eigenvalue weighted by Gasteiger charge is 2.14. The Bertz CT molecular complexity index is 780. The molecule has 138 valence electrons. The number of ether oxygens (including phenoxy) is 1. The van der Waals surface area contributed by atoms with E-state index in [0.717, 1.165) is 22.4 Å². The minimum atomic E-state index is -0.307. The summed E-state index contributed by atoms with van der Waals surface area (Å²) in [5, 5.41) is 5.69. The minimum Gasteiger partial charge on any atom is -0.385 e. The first-order valence-electron chi connectivity index (χ1n) is 8.54. The molecule has 1 aromatic heterocycles. The molecule has 0 atom stereocenters. The molecular weight excluding hydrogens is 330 g/mol. The van der Waals surface area contributed by atoms with Crippen LogP contribution in [0.15, 0.2) is 30.5 Å². The maximum absolute atomic E-state index is 12.6. The molecule has 6 nitrogen and oxygen atoms in total. The largest absolute Gasteiger partial charge is 0.385 e. The van der Waals surface area contributed by atoms with Crippen LogP contribution in [0.1, 0.15) is 44.0 Å². The first-order chi connectivity index (χ1) is 12.4. The van der Waals surface area contributed by atoms with Crippen LogP contribution in [0.4, 0.5) is 5.69 Å². The van der Waals surface area contributed by atoms with Crippen molar-refractivity contribution in [2.45, 2.75) is 27.2 Å². The number of nitrogens with zero attached hydrogens (tertiary/aromatic N) is 1. The maximum atomic E-state index is 12.6. The molecule has 1 aromatic carbocycles. The summed E-state index contributed by atoms with van der Waals surface area (Å²) in [6, 6.07) is 7.14. The van der Waals surface area contributed by atoms with Gasteiger partial charge in [0.2, 0.25) is 0 Å². The van der Waals surface area contributed by atoms with Crippen molar-refractivity contribution in [2.24, 2.45) is 0 Å². The molecule has 0 saturated carbocycles. The van der Waals surface area contributed by atoms with Crippen molar-refractivity contribution in [1.82, 2.24) is 10.3 Å². The third-order valence-electron chi connectivity index (χ3n) is 3.98. The molecule has 2 amide bonds. The first-order valence-corrected chi connectivity index (χ1v) is 8.54. The van der Waals surface area contributed by atoms with Crippen molar-refractivity contribution in [3.8, 4) is 0 Å². The number of carbonyl (C=O) groups is 2. The fourth-order valence-electron chi connectivity index (χ4n) is 2.77. The van der Waals surface area contributed by atoms with Gasteiger partial charge < -0.3 is 15.4 Å². The predicted molar refractivity (Wildman–Crippen MR) is 102 cm³/mol. The Labute approximate surface area is 154 Å². The van der Waals surface area contributed by atoms with E-state index in [4.69, 9.17) is 4.74 Å². The lowest BCUT2D eigenvalue weighted by atomic mass is 10.0. The summed E-state index contributed by atoms with van der Waals surface area (Å²) >= 11 is 0. The lowest BCUT2D eigenvalue weighted by Crippen LogP contribution is -2.26. The van der Waals surface area contributed by atoms with Crippen LogP contribution >= 0.6 is 0 Å². The van der Waals surface area contributed by atoms with Gasteiger partial charge in [0.25, 0.3) is 11.8 Å². The topological polar surface area (TPSA) is 80.3 Å². The molecule has 26 heavy (non-hydrogen) atoms. The number of hydrogen-bond acceptors (Lipinski definition) is 4. The number of nitrogens with one attached hydrogen (secondary N) is 2. The van der Waals surface area contributed by atoms with Crippen LogP contribution in [0, 0.1) is 20.8 Å². The normalized spacial score (nSPS) is 10.5. The van der Waals surface area contributed by atoms with Gasteiger partial charge in [-0.05, 0) is 50.5 Å². The summed E-state index contributed by atoms with van der Waals surface area (Å²) in [7, 11) is 1.61. The van der Waals surface area contributed by atoms with Crippen LogP contribution in [0.2, 0.25) is 0 Å². The van der Waals surface area contributed by atoms with Gasteiger partial charge >= 0.3 is 0 Å². The molecule has 0 radical (unpaired) electrons. The van der Waals surface area contributed by atoms with Crippen LogP contribution in [0.3, 0.4) is 0 Å². The second-order valence-corrected chi connectivity index (χ2v) is 6.26. The first kappa shape index (κ1) is 19.6. The fourth-order valence-corrected chi connectivity index (χ4v) is 2.77. The molecule has 0 aliphatic carbocycles. The number of carbonyl (C=O) groups excluding carboxylic acids is 2. The average molecular weight is 355 g/mol. The maximum Gasteiger partial charge on any atom is 0.269 e. The van der Waals surface area contributed by atoms with Crippen molar-refractivity contribution >= 4 is 17.5 Å². The van der Waals surface area contributed by atoms with E-state index in [1.807, 2.05) is 32.9 Å². The van der Waals surface area contributed by atoms with Crippen molar-refractivity contribution in [3.63, 3.8) is 0 Å². The molecule has 0 fully saturated rings. The number of methoxy groups -OCH3 is 1. The van der Waals surface area contributed by atoms with Gasteiger partial charge in [-0.15, -0.1) is 0 Å². The Morgan fingerprint density at radius 3 is 2.42 bits per heavy atom. The molecule has 0 saturated heterocycles. The van der Waals surface area contributed by atoms with Gasteiger partial charge in [0.15, 0.2) is 0 Å². The number of pyridine rings is 1. The standard InChI is InChI=1S/C20H25N3O3/c1-13-10-14(2)18(15(3)11-13)23-19(24)16-6-8-21-17(12-16)20(25)22-7-5-9-26-4/h6,8,10-12H,5,7,9H2,1-4H3,(H,22,25)(H,23,24). The number of rotatable bonds is 7. The summed E-state index contributed by atoms with van der Waals surface area (Å²) in [5.41, 5.74) is 4.55. The Morgan fingerprint density at radius 1 is 1.08 bits per heavy atom. The van der Waals surface area contributed by atoms with E-state index in [-0.39, 0.29) is 17.5 Å². The monoisotopic (exact) mass is 355 g/mol. The van der Waals surface area contributed by atoms with Crippen LogP contribution in [0.25, 0.3) is 0 Å². The molecule has 0 aliphatic heterocycles. The smallest absolute Gasteiger partial charge is 0.269 e. The number of benzene rings is 1. The van der Waals surface area contributed by atoms with E-state index >= 15 is 0 Å². The molecule has 0 aliphatic rings. The minimum absolute atomic E-state index is 0.215. The third kappa shape index (κ3) is 5.13. The molecule has 6 heteroatoms. The summed E-state index contributed by atoms with van der Waals surface area (Å²) in [6.07, 6.45) is 2.18. The Morgan fingerprint density at radius 2 is 1.77 bits per heavy atom. The zero-order valence-corrected chi connectivity index (χ0v) is 15.7. The molecule has 1 heterocycles. The van der Waals surface area contributed by atoms with Crippen LogP contribution < -0.4 is 10.6 Å². The van der Waals surface area contributed by atoms with Gasteiger partial charge in [0, 0.05) is 37.7 Å². The van der Waals surface area contributed by atoms with E-state index < -0.39 is 0 Å². The summed E-state index contributed by atoms with van der Waals surface area (Å²) in [4.78, 5) is 28.8. The van der Waals surface area contributed by atoms with Crippen molar-refractivity contribution in [1.29, 1.82) is 0 Å². The Kier molecular flexibility index (Phi) is 6.86. The molecule has 2 N–H and O–H groups in total. The van der Waals surface area contributed by atoms with Crippen molar-refractivity contribution in [3.05, 3.63) is 58.4 Å². The number of amides is 2. The van der Waals surface area contributed by atoms with Crippen molar-refractivity contribution < 1.29 is 14.3 Å². The Hall–Kier alpha value is -2.73. The second kappa shape index (κ2) is 9.10. The molecule has 0 bridgehead atoms. The van der Waals surface area contributed by atoms with Gasteiger partial charge in [-0.25, -0.2) is 0 Å². The van der Waals surface area contributed by atoms with E-state index in [0.29, 0.717) is 25.1 Å². The number of aromatic nitrogens is 1. The third-order valence-corrected chi connectivity index (χ3v) is 3.98.